The predicted octanol–water partition coefficient (Wildman–Crippen LogP) is 2.98. The lowest BCUT2D eigenvalue weighted by Crippen LogP contribution is -2.02. The van der Waals surface area contributed by atoms with Crippen molar-refractivity contribution < 1.29 is 17.3 Å². The molecule has 0 bridgehead atoms. The zero-order valence-corrected chi connectivity index (χ0v) is 7.84. The third-order valence-electron chi connectivity index (χ3n) is 1.33. The molecule has 0 aromatic carbocycles. The number of rotatable bonds is 3. The summed E-state index contributed by atoms with van der Waals surface area (Å²) in [5.41, 5.74) is 0. The molecular weight excluding hydrogens is 199 g/mol. The second-order valence-corrected chi connectivity index (χ2v) is 2.65. The highest BCUT2D eigenvalue weighted by Crippen LogP contribution is 2.06. The SMILES string of the molecule is CCCCn1ccnc1.F[B-](F)(F)F. The Morgan fingerprint density at radius 1 is 1.29 bits per heavy atom. The number of hydrogen-bond donors (Lipinski definition) is 0. The molecule has 1 aromatic rings. The van der Waals surface area contributed by atoms with Gasteiger partial charge in [-0.25, -0.2) is 4.98 Å². The second kappa shape index (κ2) is 6.45. The van der Waals surface area contributed by atoms with Crippen LogP contribution in [-0.4, -0.2) is 16.8 Å². The standard InChI is InChI=1S/C7H12N2.BF4/c1-2-3-5-9-6-4-8-7-9;2-1(3,4)5/h4,6-7H,2-3,5H2,1H3;/q;-1. The van der Waals surface area contributed by atoms with Crippen molar-refractivity contribution in [3.8, 4) is 0 Å². The van der Waals surface area contributed by atoms with Gasteiger partial charge in [-0.2, -0.15) is 0 Å². The van der Waals surface area contributed by atoms with Gasteiger partial charge in [-0.05, 0) is 6.42 Å². The van der Waals surface area contributed by atoms with Crippen LogP contribution in [0.1, 0.15) is 19.8 Å². The molecule has 0 aliphatic heterocycles. The third kappa shape index (κ3) is 11.0. The number of unbranched alkanes of at least 4 members (excludes halogenated alkanes) is 1. The van der Waals surface area contributed by atoms with E-state index in [1.807, 2.05) is 18.7 Å². The monoisotopic (exact) mass is 211 g/mol. The number of halogens is 4. The zero-order chi connectivity index (χ0) is 11.0. The summed E-state index contributed by atoms with van der Waals surface area (Å²) in [6.07, 6.45) is 8.16. The Kier molecular flexibility index (Phi) is 5.99. The summed E-state index contributed by atoms with van der Waals surface area (Å²) in [6, 6.07) is 0. The van der Waals surface area contributed by atoms with Crippen LogP contribution in [0.25, 0.3) is 0 Å². The number of nitrogens with zero attached hydrogens (tertiary/aromatic N) is 2. The summed E-state index contributed by atoms with van der Waals surface area (Å²) < 4.78 is 41.1. The summed E-state index contributed by atoms with van der Waals surface area (Å²) in [7, 11) is -6.00. The molecule has 1 rings (SSSR count). The summed E-state index contributed by atoms with van der Waals surface area (Å²) in [5.74, 6) is 0. The summed E-state index contributed by atoms with van der Waals surface area (Å²) in [6.45, 7) is 3.30. The van der Waals surface area contributed by atoms with Crippen molar-refractivity contribution in [3.05, 3.63) is 18.7 Å². The van der Waals surface area contributed by atoms with Gasteiger partial charge < -0.3 is 21.8 Å². The molecule has 0 aliphatic carbocycles. The van der Waals surface area contributed by atoms with Gasteiger partial charge in [-0.3, -0.25) is 0 Å². The van der Waals surface area contributed by atoms with Crippen molar-refractivity contribution >= 4 is 7.25 Å². The molecule has 2 nitrogen and oxygen atoms in total. The Bertz CT molecular complexity index is 216. The molecule has 0 unspecified atom stereocenters. The maximum absolute atomic E-state index is 9.75. The van der Waals surface area contributed by atoms with E-state index in [4.69, 9.17) is 0 Å². The van der Waals surface area contributed by atoms with E-state index in [9.17, 15) is 17.3 Å². The molecular formula is C7H12BF4N2-. The van der Waals surface area contributed by atoms with Crippen LogP contribution in [0.15, 0.2) is 18.7 Å². The number of hydrogen-bond acceptors (Lipinski definition) is 1. The lowest BCUT2D eigenvalue weighted by Gasteiger charge is -1.96. The minimum atomic E-state index is -6.00. The van der Waals surface area contributed by atoms with E-state index >= 15 is 0 Å². The highest BCUT2D eigenvalue weighted by atomic mass is 19.5. The molecule has 0 aliphatic rings. The number of aromatic nitrogens is 2. The first-order valence-electron chi connectivity index (χ1n) is 4.26. The molecule has 0 amide bonds. The third-order valence-corrected chi connectivity index (χ3v) is 1.33. The maximum atomic E-state index is 9.75. The summed E-state index contributed by atoms with van der Waals surface area (Å²) in [5, 5.41) is 0. The molecule has 82 valence electrons. The van der Waals surface area contributed by atoms with Crippen LogP contribution in [0.3, 0.4) is 0 Å². The van der Waals surface area contributed by atoms with Gasteiger partial charge in [0.05, 0.1) is 6.33 Å². The first-order chi connectivity index (χ1) is 6.43. The average molecular weight is 211 g/mol. The molecule has 1 heterocycles. The van der Waals surface area contributed by atoms with Gasteiger partial charge in [0.2, 0.25) is 0 Å². The van der Waals surface area contributed by atoms with Gasteiger partial charge in [-0.15, -0.1) is 0 Å². The molecule has 7 heteroatoms. The molecule has 0 fully saturated rings. The lowest BCUT2D eigenvalue weighted by atomic mass is 10.3. The van der Waals surface area contributed by atoms with Gasteiger partial charge >= 0.3 is 7.25 Å². The predicted molar refractivity (Wildman–Crippen MR) is 47.3 cm³/mol. The fraction of sp³-hybridized carbons (Fsp3) is 0.571. The van der Waals surface area contributed by atoms with E-state index in [1.54, 1.807) is 0 Å². The quantitative estimate of drug-likeness (QED) is 0.555. The number of aryl methyl sites for hydroxylation is 1. The van der Waals surface area contributed by atoms with Crippen LogP contribution in [0.4, 0.5) is 17.3 Å². The van der Waals surface area contributed by atoms with E-state index in [1.165, 1.54) is 12.8 Å². The fourth-order valence-corrected chi connectivity index (χ4v) is 0.760. The van der Waals surface area contributed by atoms with Crippen molar-refractivity contribution in [2.45, 2.75) is 26.3 Å². The minimum Gasteiger partial charge on any atom is -0.418 e. The molecule has 0 N–H and O–H groups in total. The number of imidazole rings is 1. The zero-order valence-electron chi connectivity index (χ0n) is 7.84. The highest BCUT2D eigenvalue weighted by molar-refractivity contribution is 6.50. The van der Waals surface area contributed by atoms with Crippen LogP contribution in [0.2, 0.25) is 0 Å². The molecule has 0 saturated heterocycles. The van der Waals surface area contributed by atoms with Crippen LogP contribution in [-0.2, 0) is 6.54 Å². The van der Waals surface area contributed by atoms with Crippen molar-refractivity contribution in [2.24, 2.45) is 0 Å². The lowest BCUT2D eigenvalue weighted by molar-refractivity contribution is 0.368. The van der Waals surface area contributed by atoms with E-state index in [-0.39, 0.29) is 0 Å². The smallest absolute Gasteiger partial charge is 0.418 e. The first kappa shape index (κ1) is 13.0. The Hall–Kier alpha value is -1.01. The van der Waals surface area contributed by atoms with E-state index in [0.29, 0.717) is 0 Å². The van der Waals surface area contributed by atoms with E-state index < -0.39 is 7.25 Å². The fourth-order valence-electron chi connectivity index (χ4n) is 0.760. The van der Waals surface area contributed by atoms with Crippen LogP contribution in [0.5, 0.6) is 0 Å². The Morgan fingerprint density at radius 3 is 2.21 bits per heavy atom. The Balaban J connectivity index is 0.000000292. The van der Waals surface area contributed by atoms with Gasteiger partial charge in [0.1, 0.15) is 0 Å². The Labute approximate surface area is 80.1 Å². The molecule has 0 saturated carbocycles. The van der Waals surface area contributed by atoms with Crippen molar-refractivity contribution in [3.63, 3.8) is 0 Å². The van der Waals surface area contributed by atoms with Gasteiger partial charge in [0.15, 0.2) is 0 Å². The van der Waals surface area contributed by atoms with Crippen LogP contribution < -0.4 is 0 Å². The highest BCUT2D eigenvalue weighted by Gasteiger charge is 2.20. The second-order valence-electron chi connectivity index (χ2n) is 2.65. The molecule has 14 heavy (non-hydrogen) atoms. The first-order valence-corrected chi connectivity index (χ1v) is 4.26. The topological polar surface area (TPSA) is 17.8 Å². The average Bonchev–Trinajstić information content (AvgIpc) is 2.49. The van der Waals surface area contributed by atoms with Crippen LogP contribution in [0, 0.1) is 0 Å². The largest absolute Gasteiger partial charge is 0.673 e. The minimum absolute atomic E-state index is 1.11. The van der Waals surface area contributed by atoms with Crippen molar-refractivity contribution in [2.75, 3.05) is 0 Å². The molecule has 0 spiro atoms. The molecule has 0 radical (unpaired) electrons. The normalized spacial score (nSPS) is 10.6. The molecule has 1 aromatic heterocycles. The summed E-state index contributed by atoms with van der Waals surface area (Å²) in [4.78, 5) is 3.94. The molecule has 0 atom stereocenters. The summed E-state index contributed by atoms with van der Waals surface area (Å²) >= 11 is 0. The van der Waals surface area contributed by atoms with Crippen LogP contribution >= 0.6 is 0 Å². The van der Waals surface area contributed by atoms with E-state index in [0.717, 1.165) is 6.54 Å². The maximum Gasteiger partial charge on any atom is 0.673 e. The Morgan fingerprint density at radius 2 is 1.86 bits per heavy atom. The van der Waals surface area contributed by atoms with Crippen molar-refractivity contribution in [1.29, 1.82) is 0 Å². The van der Waals surface area contributed by atoms with Gasteiger partial charge in [0, 0.05) is 18.9 Å². The van der Waals surface area contributed by atoms with Crippen molar-refractivity contribution in [1.82, 2.24) is 9.55 Å². The van der Waals surface area contributed by atoms with E-state index in [2.05, 4.69) is 16.5 Å². The van der Waals surface area contributed by atoms with Gasteiger partial charge in [0.25, 0.3) is 0 Å². The van der Waals surface area contributed by atoms with Gasteiger partial charge in [-0.1, -0.05) is 13.3 Å².